The van der Waals surface area contributed by atoms with E-state index in [1.807, 2.05) is 32.0 Å². The van der Waals surface area contributed by atoms with Crippen molar-refractivity contribution in [1.29, 1.82) is 0 Å². The number of para-hydroxylation sites is 2. The summed E-state index contributed by atoms with van der Waals surface area (Å²) in [5.74, 6) is 0.572. The molecule has 0 amide bonds. The van der Waals surface area contributed by atoms with Gasteiger partial charge in [-0.15, -0.1) is 0 Å². The number of benzene rings is 2. The van der Waals surface area contributed by atoms with Gasteiger partial charge < -0.3 is 10.6 Å². The van der Waals surface area contributed by atoms with E-state index in [2.05, 4.69) is 20.6 Å². The maximum absolute atomic E-state index is 13.1. The van der Waals surface area contributed by atoms with Gasteiger partial charge in [-0.25, -0.2) is 4.98 Å². The summed E-state index contributed by atoms with van der Waals surface area (Å²) in [7, 11) is 0. The van der Waals surface area contributed by atoms with Crippen LogP contribution in [0.1, 0.15) is 16.7 Å². The van der Waals surface area contributed by atoms with E-state index in [9.17, 15) is 13.2 Å². The van der Waals surface area contributed by atoms with E-state index >= 15 is 0 Å². The molecule has 2 aromatic carbocycles. The molecule has 134 valence electrons. The van der Waals surface area contributed by atoms with Crippen LogP contribution in [0.25, 0.3) is 0 Å². The Bertz CT molecular complexity index is 902. The van der Waals surface area contributed by atoms with Crippen molar-refractivity contribution in [3.8, 4) is 0 Å². The maximum atomic E-state index is 13.1. The molecule has 7 heteroatoms. The van der Waals surface area contributed by atoms with Gasteiger partial charge in [0, 0.05) is 11.9 Å². The van der Waals surface area contributed by atoms with Gasteiger partial charge in [-0.3, -0.25) is 0 Å². The molecule has 4 nitrogen and oxygen atoms in total. The highest BCUT2D eigenvalue weighted by molar-refractivity contribution is 5.66. The summed E-state index contributed by atoms with van der Waals surface area (Å²) in [5, 5.41) is 5.85. The summed E-state index contributed by atoms with van der Waals surface area (Å²) < 4.78 is 39.3. The van der Waals surface area contributed by atoms with Gasteiger partial charge in [-0.1, -0.05) is 30.3 Å². The van der Waals surface area contributed by atoms with Crippen LogP contribution in [0.4, 0.5) is 36.3 Å². The molecule has 3 rings (SSSR count). The number of halogens is 3. The Labute approximate surface area is 149 Å². The summed E-state index contributed by atoms with van der Waals surface area (Å²) in [6, 6.07) is 12.8. The molecule has 1 aromatic heterocycles. The van der Waals surface area contributed by atoms with Gasteiger partial charge in [0.05, 0.1) is 11.3 Å². The van der Waals surface area contributed by atoms with Crippen LogP contribution < -0.4 is 10.6 Å². The van der Waals surface area contributed by atoms with Gasteiger partial charge in [0.25, 0.3) is 0 Å². The maximum Gasteiger partial charge on any atom is 0.418 e. The molecular weight excluding hydrogens is 341 g/mol. The number of aryl methyl sites for hydroxylation is 2. The van der Waals surface area contributed by atoms with E-state index in [-0.39, 0.29) is 11.6 Å². The minimum Gasteiger partial charge on any atom is -0.340 e. The smallest absolute Gasteiger partial charge is 0.340 e. The molecule has 0 spiro atoms. The quantitative estimate of drug-likeness (QED) is 0.637. The average Bonchev–Trinajstić information content (AvgIpc) is 2.58. The van der Waals surface area contributed by atoms with Crippen molar-refractivity contribution in [3.05, 3.63) is 71.4 Å². The fourth-order valence-electron chi connectivity index (χ4n) is 2.59. The lowest BCUT2D eigenvalue weighted by Crippen LogP contribution is -2.10. The Morgan fingerprint density at radius 3 is 2.23 bits per heavy atom. The van der Waals surface area contributed by atoms with E-state index in [0.717, 1.165) is 22.9 Å². The molecule has 0 aliphatic heterocycles. The molecule has 0 aliphatic carbocycles. The minimum absolute atomic E-state index is 0.0814. The molecule has 0 atom stereocenters. The van der Waals surface area contributed by atoms with Crippen LogP contribution >= 0.6 is 0 Å². The predicted molar refractivity (Wildman–Crippen MR) is 96.0 cm³/mol. The zero-order valence-electron chi connectivity index (χ0n) is 14.2. The third-order valence-electron chi connectivity index (χ3n) is 3.87. The summed E-state index contributed by atoms with van der Waals surface area (Å²) in [4.78, 5) is 8.28. The normalized spacial score (nSPS) is 11.3. The van der Waals surface area contributed by atoms with Crippen LogP contribution in [0.2, 0.25) is 0 Å². The topological polar surface area (TPSA) is 49.8 Å². The second-order valence-corrected chi connectivity index (χ2v) is 5.83. The molecule has 1 heterocycles. The molecule has 0 bridgehead atoms. The van der Waals surface area contributed by atoms with Crippen LogP contribution in [-0.4, -0.2) is 9.97 Å². The van der Waals surface area contributed by atoms with E-state index in [1.54, 1.807) is 6.07 Å². The number of aromatic nitrogens is 2. The van der Waals surface area contributed by atoms with Crippen molar-refractivity contribution in [2.75, 3.05) is 10.6 Å². The molecule has 0 aliphatic rings. The average molecular weight is 358 g/mol. The van der Waals surface area contributed by atoms with Crippen LogP contribution in [-0.2, 0) is 6.18 Å². The Balaban J connectivity index is 1.87. The lowest BCUT2D eigenvalue weighted by Gasteiger charge is -2.15. The summed E-state index contributed by atoms with van der Waals surface area (Å²) in [5.41, 5.74) is 2.13. The summed E-state index contributed by atoms with van der Waals surface area (Å²) in [6.07, 6.45) is -2.97. The van der Waals surface area contributed by atoms with Crippen molar-refractivity contribution in [3.63, 3.8) is 0 Å². The minimum atomic E-state index is -4.46. The molecular formula is C19H17F3N4. The van der Waals surface area contributed by atoms with E-state index in [4.69, 9.17) is 0 Å². The van der Waals surface area contributed by atoms with Crippen molar-refractivity contribution in [2.45, 2.75) is 20.0 Å². The van der Waals surface area contributed by atoms with Gasteiger partial charge in [0.15, 0.2) is 0 Å². The first-order chi connectivity index (χ1) is 12.3. The summed E-state index contributed by atoms with van der Waals surface area (Å²) >= 11 is 0. The highest BCUT2D eigenvalue weighted by Gasteiger charge is 2.33. The third kappa shape index (κ3) is 3.93. The number of hydrogen-bond donors (Lipinski definition) is 2. The Morgan fingerprint density at radius 2 is 1.54 bits per heavy atom. The zero-order chi connectivity index (χ0) is 18.7. The fourth-order valence-corrected chi connectivity index (χ4v) is 2.59. The highest BCUT2D eigenvalue weighted by Crippen LogP contribution is 2.35. The molecule has 0 radical (unpaired) electrons. The highest BCUT2D eigenvalue weighted by atomic mass is 19.4. The monoisotopic (exact) mass is 358 g/mol. The number of nitrogens with zero attached hydrogens (tertiary/aromatic N) is 2. The van der Waals surface area contributed by atoms with Crippen LogP contribution in [0.3, 0.4) is 0 Å². The lowest BCUT2D eigenvalue weighted by atomic mass is 10.1. The lowest BCUT2D eigenvalue weighted by molar-refractivity contribution is -0.136. The van der Waals surface area contributed by atoms with E-state index in [0.29, 0.717) is 5.82 Å². The van der Waals surface area contributed by atoms with Crippen molar-refractivity contribution in [1.82, 2.24) is 9.97 Å². The van der Waals surface area contributed by atoms with Gasteiger partial charge in [0.2, 0.25) is 5.95 Å². The van der Waals surface area contributed by atoms with Crippen molar-refractivity contribution >= 4 is 23.1 Å². The van der Waals surface area contributed by atoms with Crippen LogP contribution in [0.5, 0.6) is 0 Å². The molecule has 0 saturated carbocycles. The van der Waals surface area contributed by atoms with E-state index < -0.39 is 11.7 Å². The van der Waals surface area contributed by atoms with Crippen LogP contribution in [0.15, 0.2) is 54.7 Å². The zero-order valence-corrected chi connectivity index (χ0v) is 14.2. The first-order valence-corrected chi connectivity index (χ1v) is 7.94. The van der Waals surface area contributed by atoms with Gasteiger partial charge >= 0.3 is 6.18 Å². The Morgan fingerprint density at radius 1 is 0.846 bits per heavy atom. The molecule has 3 aromatic rings. The predicted octanol–water partition coefficient (Wildman–Crippen LogP) is 5.60. The first-order valence-electron chi connectivity index (χ1n) is 7.94. The van der Waals surface area contributed by atoms with Gasteiger partial charge in [0.1, 0.15) is 5.82 Å². The van der Waals surface area contributed by atoms with E-state index in [1.165, 1.54) is 24.4 Å². The Hall–Kier alpha value is -3.09. The SMILES string of the molecule is Cc1cccc(C)c1Nc1ccnc(Nc2ccccc2C(F)(F)F)n1. The number of alkyl halides is 3. The second kappa shape index (κ2) is 7.03. The number of anilines is 4. The number of hydrogen-bond acceptors (Lipinski definition) is 4. The fraction of sp³-hybridized carbons (Fsp3) is 0.158. The number of nitrogens with one attached hydrogen (secondary N) is 2. The number of rotatable bonds is 4. The van der Waals surface area contributed by atoms with Crippen molar-refractivity contribution in [2.24, 2.45) is 0 Å². The first kappa shape index (κ1) is 17.7. The largest absolute Gasteiger partial charge is 0.418 e. The second-order valence-electron chi connectivity index (χ2n) is 5.83. The van der Waals surface area contributed by atoms with Crippen LogP contribution in [0, 0.1) is 13.8 Å². The molecule has 26 heavy (non-hydrogen) atoms. The molecule has 0 fully saturated rings. The molecule has 0 saturated heterocycles. The molecule has 2 N–H and O–H groups in total. The Kier molecular flexibility index (Phi) is 4.79. The standard InChI is InChI=1S/C19H17F3N4/c1-12-6-5-7-13(2)17(12)25-16-10-11-23-18(26-16)24-15-9-4-3-8-14(15)19(20,21)22/h3-11H,1-2H3,(H2,23,24,25,26). The molecule has 0 unspecified atom stereocenters. The van der Waals surface area contributed by atoms with Gasteiger partial charge in [-0.05, 0) is 43.2 Å². The third-order valence-corrected chi connectivity index (χ3v) is 3.87. The van der Waals surface area contributed by atoms with Gasteiger partial charge in [-0.2, -0.15) is 18.2 Å². The summed E-state index contributed by atoms with van der Waals surface area (Å²) in [6.45, 7) is 3.94. The van der Waals surface area contributed by atoms with Crippen molar-refractivity contribution < 1.29 is 13.2 Å².